The summed E-state index contributed by atoms with van der Waals surface area (Å²) in [6.45, 7) is 5.84. The predicted octanol–water partition coefficient (Wildman–Crippen LogP) is 3.53. The lowest BCUT2D eigenvalue weighted by Crippen LogP contribution is -2.21. The van der Waals surface area contributed by atoms with Gasteiger partial charge in [-0.05, 0) is 18.2 Å². The Kier molecular flexibility index (Phi) is 3.45. The maximum atomic E-state index is 13.0. The van der Waals surface area contributed by atoms with Crippen LogP contribution in [-0.4, -0.2) is 9.97 Å². The maximum Gasteiger partial charge on any atom is 0.251 e. The molecule has 1 N–H and O–H groups in total. The average Bonchev–Trinajstić information content (AvgIpc) is 2.26. The van der Waals surface area contributed by atoms with Gasteiger partial charge in [0.2, 0.25) is 0 Å². The first-order valence-corrected chi connectivity index (χ1v) is 6.22. The molecule has 0 saturated heterocycles. The van der Waals surface area contributed by atoms with Crippen LogP contribution in [0.2, 0.25) is 5.02 Å². The number of aromatic nitrogens is 2. The third kappa shape index (κ3) is 3.01. The van der Waals surface area contributed by atoms with Gasteiger partial charge in [0.15, 0.2) is 0 Å². The van der Waals surface area contributed by atoms with Crippen molar-refractivity contribution in [3.8, 4) is 11.3 Å². The van der Waals surface area contributed by atoms with Crippen molar-refractivity contribution < 1.29 is 4.39 Å². The maximum absolute atomic E-state index is 13.0. The average molecular weight is 281 g/mol. The highest BCUT2D eigenvalue weighted by Gasteiger charge is 2.18. The van der Waals surface area contributed by atoms with E-state index in [1.165, 1.54) is 24.3 Å². The number of aromatic amines is 1. The first-order chi connectivity index (χ1) is 8.77. The molecule has 3 nitrogen and oxygen atoms in total. The molecular formula is C14H14ClFN2O. The van der Waals surface area contributed by atoms with Crippen LogP contribution in [0.4, 0.5) is 4.39 Å². The molecule has 0 radical (unpaired) electrons. The molecule has 0 aliphatic heterocycles. The fourth-order valence-corrected chi connectivity index (χ4v) is 1.91. The number of nitrogens with zero attached hydrogens (tertiary/aromatic N) is 1. The molecule has 1 aromatic heterocycles. The van der Waals surface area contributed by atoms with Gasteiger partial charge in [-0.25, -0.2) is 9.37 Å². The summed E-state index contributed by atoms with van der Waals surface area (Å²) in [5.74, 6) is 0.144. The number of hydrogen-bond donors (Lipinski definition) is 1. The van der Waals surface area contributed by atoms with Gasteiger partial charge < -0.3 is 4.98 Å². The Labute approximate surface area is 115 Å². The highest BCUT2D eigenvalue weighted by atomic mass is 35.5. The monoisotopic (exact) mass is 280 g/mol. The smallest absolute Gasteiger partial charge is 0.251 e. The molecule has 100 valence electrons. The van der Waals surface area contributed by atoms with E-state index < -0.39 is 5.82 Å². The van der Waals surface area contributed by atoms with E-state index in [-0.39, 0.29) is 16.0 Å². The molecule has 0 spiro atoms. The highest BCUT2D eigenvalue weighted by molar-refractivity contribution is 6.33. The molecular weight excluding hydrogens is 267 g/mol. The van der Waals surface area contributed by atoms with Gasteiger partial charge in [-0.3, -0.25) is 4.79 Å². The standard InChI is InChI=1S/C14H14ClFN2O/c1-14(2,3)13-17-11(7-12(19)18-13)9-5-4-8(16)6-10(9)15/h4-7H,1-3H3,(H,17,18,19). The van der Waals surface area contributed by atoms with E-state index in [2.05, 4.69) is 9.97 Å². The molecule has 19 heavy (non-hydrogen) atoms. The van der Waals surface area contributed by atoms with E-state index in [0.29, 0.717) is 17.1 Å². The van der Waals surface area contributed by atoms with Crippen LogP contribution in [0.25, 0.3) is 11.3 Å². The molecule has 0 atom stereocenters. The van der Waals surface area contributed by atoms with E-state index in [9.17, 15) is 9.18 Å². The van der Waals surface area contributed by atoms with Crippen LogP contribution in [0.3, 0.4) is 0 Å². The summed E-state index contributed by atoms with van der Waals surface area (Å²) < 4.78 is 13.0. The second-order valence-electron chi connectivity index (χ2n) is 5.35. The molecule has 1 aromatic carbocycles. The van der Waals surface area contributed by atoms with Crippen LogP contribution in [0.5, 0.6) is 0 Å². The third-order valence-corrected chi connectivity index (χ3v) is 2.97. The van der Waals surface area contributed by atoms with Gasteiger partial charge in [0.05, 0.1) is 10.7 Å². The second kappa shape index (κ2) is 4.78. The summed E-state index contributed by atoms with van der Waals surface area (Å²) in [5, 5.41) is 0.234. The topological polar surface area (TPSA) is 45.8 Å². The lowest BCUT2D eigenvalue weighted by atomic mass is 9.95. The number of hydrogen-bond acceptors (Lipinski definition) is 2. The van der Waals surface area contributed by atoms with Crippen LogP contribution in [-0.2, 0) is 5.41 Å². The molecule has 0 fully saturated rings. The molecule has 0 aliphatic rings. The van der Waals surface area contributed by atoms with Crippen molar-refractivity contribution in [1.82, 2.24) is 9.97 Å². The highest BCUT2D eigenvalue weighted by Crippen LogP contribution is 2.27. The third-order valence-electron chi connectivity index (χ3n) is 2.66. The predicted molar refractivity (Wildman–Crippen MR) is 74.0 cm³/mol. The Morgan fingerprint density at radius 1 is 1.26 bits per heavy atom. The minimum absolute atomic E-state index is 0.234. The first kappa shape index (κ1) is 13.7. The second-order valence-corrected chi connectivity index (χ2v) is 5.76. The Hall–Kier alpha value is -1.68. The van der Waals surface area contributed by atoms with E-state index in [1.54, 1.807) is 0 Å². The van der Waals surface area contributed by atoms with Crippen LogP contribution in [0, 0.1) is 5.82 Å². The molecule has 0 saturated carbocycles. The zero-order valence-electron chi connectivity index (χ0n) is 10.9. The summed E-state index contributed by atoms with van der Waals surface area (Å²) in [7, 11) is 0. The fourth-order valence-electron chi connectivity index (χ4n) is 1.65. The number of nitrogens with one attached hydrogen (secondary N) is 1. The molecule has 0 bridgehead atoms. The first-order valence-electron chi connectivity index (χ1n) is 5.84. The lowest BCUT2D eigenvalue weighted by Gasteiger charge is -2.17. The number of H-pyrrole nitrogens is 1. The van der Waals surface area contributed by atoms with Gasteiger partial charge in [0.25, 0.3) is 5.56 Å². The largest absolute Gasteiger partial charge is 0.310 e. The zero-order chi connectivity index (χ0) is 14.2. The number of halogens is 2. The Morgan fingerprint density at radius 3 is 2.53 bits per heavy atom. The number of rotatable bonds is 1. The van der Waals surface area contributed by atoms with Crippen LogP contribution in [0.15, 0.2) is 29.1 Å². The minimum Gasteiger partial charge on any atom is -0.310 e. The molecule has 0 amide bonds. The normalized spacial score (nSPS) is 11.6. The van der Waals surface area contributed by atoms with Crippen molar-refractivity contribution in [3.63, 3.8) is 0 Å². The summed E-state index contributed by atoms with van der Waals surface area (Å²) in [5.41, 5.74) is 0.440. The van der Waals surface area contributed by atoms with Crippen molar-refractivity contribution >= 4 is 11.6 Å². The van der Waals surface area contributed by atoms with E-state index in [0.717, 1.165) is 0 Å². The van der Waals surface area contributed by atoms with Crippen molar-refractivity contribution in [2.45, 2.75) is 26.2 Å². The van der Waals surface area contributed by atoms with Gasteiger partial charge in [-0.1, -0.05) is 32.4 Å². The van der Waals surface area contributed by atoms with Gasteiger partial charge in [-0.15, -0.1) is 0 Å². The Balaban J connectivity index is 2.63. The van der Waals surface area contributed by atoms with Crippen molar-refractivity contribution in [2.24, 2.45) is 0 Å². The van der Waals surface area contributed by atoms with Crippen molar-refractivity contribution in [2.75, 3.05) is 0 Å². The molecule has 0 aliphatic carbocycles. The van der Waals surface area contributed by atoms with Gasteiger partial charge in [0, 0.05) is 17.0 Å². The molecule has 5 heteroatoms. The molecule has 0 unspecified atom stereocenters. The Bertz CT molecular complexity index is 674. The van der Waals surface area contributed by atoms with Crippen molar-refractivity contribution in [3.05, 3.63) is 51.3 Å². The molecule has 2 rings (SSSR count). The van der Waals surface area contributed by atoms with Crippen LogP contribution >= 0.6 is 11.6 Å². The Morgan fingerprint density at radius 2 is 1.95 bits per heavy atom. The quantitative estimate of drug-likeness (QED) is 0.868. The summed E-state index contributed by atoms with van der Waals surface area (Å²) in [4.78, 5) is 18.8. The van der Waals surface area contributed by atoms with Gasteiger partial charge in [0.1, 0.15) is 11.6 Å². The van der Waals surface area contributed by atoms with Crippen LogP contribution in [0.1, 0.15) is 26.6 Å². The summed E-state index contributed by atoms with van der Waals surface area (Å²) >= 11 is 5.99. The molecule has 1 heterocycles. The van der Waals surface area contributed by atoms with E-state index in [4.69, 9.17) is 11.6 Å². The van der Waals surface area contributed by atoms with E-state index in [1.807, 2.05) is 20.8 Å². The zero-order valence-corrected chi connectivity index (χ0v) is 11.7. The summed E-state index contributed by atoms with van der Waals surface area (Å²) in [6, 6.07) is 5.37. The number of benzene rings is 1. The van der Waals surface area contributed by atoms with E-state index >= 15 is 0 Å². The SMILES string of the molecule is CC(C)(C)c1nc(-c2ccc(F)cc2Cl)cc(=O)[nH]1. The summed E-state index contributed by atoms with van der Waals surface area (Å²) in [6.07, 6.45) is 0. The minimum atomic E-state index is -0.422. The van der Waals surface area contributed by atoms with Crippen molar-refractivity contribution in [1.29, 1.82) is 0 Å². The lowest BCUT2D eigenvalue weighted by molar-refractivity contribution is 0.543. The molecule has 2 aromatic rings. The fraction of sp³-hybridized carbons (Fsp3) is 0.286. The van der Waals surface area contributed by atoms with Crippen LogP contribution < -0.4 is 5.56 Å². The van der Waals surface area contributed by atoms with Gasteiger partial charge in [-0.2, -0.15) is 0 Å². The van der Waals surface area contributed by atoms with Gasteiger partial charge >= 0.3 is 0 Å².